The van der Waals surface area contributed by atoms with E-state index < -0.39 is 23.1 Å². The van der Waals surface area contributed by atoms with Crippen LogP contribution in [0, 0.1) is 5.82 Å². The third-order valence-corrected chi connectivity index (χ3v) is 5.83. The molecule has 1 atom stereocenters. The van der Waals surface area contributed by atoms with E-state index in [1.54, 1.807) is 19.1 Å². The Morgan fingerprint density at radius 2 is 2.07 bits per heavy atom. The summed E-state index contributed by atoms with van der Waals surface area (Å²) in [5.74, 6) is -1.80. The second kappa shape index (κ2) is 5.87. The van der Waals surface area contributed by atoms with E-state index >= 15 is 0 Å². The van der Waals surface area contributed by atoms with Gasteiger partial charge in [-0.3, -0.25) is 9.59 Å². The summed E-state index contributed by atoms with van der Waals surface area (Å²) in [5.41, 5.74) is 0.874. The Bertz CT molecular complexity index is 1280. The molecule has 0 amide bonds. The Kier molecular flexibility index (Phi) is 3.61. The van der Waals surface area contributed by atoms with E-state index in [4.69, 9.17) is 4.74 Å². The molecule has 2 aliphatic rings. The molecule has 7 nitrogen and oxygen atoms in total. The van der Waals surface area contributed by atoms with Gasteiger partial charge in [0.1, 0.15) is 12.2 Å². The van der Waals surface area contributed by atoms with E-state index in [1.807, 2.05) is 0 Å². The first-order valence-corrected chi connectivity index (χ1v) is 9.28. The summed E-state index contributed by atoms with van der Waals surface area (Å²) in [5, 5.41) is 21.3. The molecule has 0 saturated heterocycles. The summed E-state index contributed by atoms with van der Waals surface area (Å²) in [6, 6.07) is 5.89. The Hall–Kier alpha value is -3.26. The maximum absolute atomic E-state index is 13.8. The number of cyclic esters (lactones) is 1. The topological polar surface area (TPSA) is 102 Å². The van der Waals surface area contributed by atoms with Crippen LogP contribution in [0.2, 0.25) is 0 Å². The number of benzene rings is 1. The smallest absolute Gasteiger partial charge is 0.309 e. The van der Waals surface area contributed by atoms with Crippen LogP contribution in [0.15, 0.2) is 29.1 Å². The number of pyridine rings is 2. The van der Waals surface area contributed by atoms with Gasteiger partial charge in [0.05, 0.1) is 35.4 Å². The number of aromatic nitrogens is 2. The number of esters is 1. The van der Waals surface area contributed by atoms with E-state index in [0.29, 0.717) is 27.9 Å². The first-order chi connectivity index (χ1) is 13.8. The van der Waals surface area contributed by atoms with Crippen molar-refractivity contribution in [1.82, 2.24) is 9.55 Å². The molecular weight excluding hydrogens is 379 g/mol. The number of phenolic OH excluding ortho intramolecular Hbond substituents is 1. The number of aliphatic hydroxyl groups is 1. The van der Waals surface area contributed by atoms with Gasteiger partial charge in [0.2, 0.25) is 0 Å². The summed E-state index contributed by atoms with van der Waals surface area (Å²) in [6.07, 6.45) is 0.00236. The highest BCUT2D eigenvalue weighted by molar-refractivity contribution is 5.85. The average Bonchev–Trinajstić information content (AvgIpc) is 2.97. The third kappa shape index (κ3) is 2.49. The number of hydrogen-bond acceptors (Lipinski definition) is 6. The molecule has 2 aromatic heterocycles. The van der Waals surface area contributed by atoms with Crippen molar-refractivity contribution in [3.8, 4) is 17.1 Å². The highest BCUT2D eigenvalue weighted by Crippen LogP contribution is 2.39. The van der Waals surface area contributed by atoms with E-state index in [9.17, 15) is 24.2 Å². The van der Waals surface area contributed by atoms with Crippen molar-refractivity contribution in [3.05, 3.63) is 57.1 Å². The number of ether oxygens (including phenoxy) is 1. The monoisotopic (exact) mass is 396 g/mol. The van der Waals surface area contributed by atoms with Gasteiger partial charge in [-0.2, -0.15) is 0 Å². The fourth-order valence-electron chi connectivity index (χ4n) is 4.19. The lowest BCUT2D eigenvalue weighted by atomic mass is 9.85. The van der Waals surface area contributed by atoms with Gasteiger partial charge in [0.15, 0.2) is 11.6 Å². The number of phenols is 1. The Labute approximate surface area is 164 Å². The highest BCUT2D eigenvalue weighted by atomic mass is 19.1. The van der Waals surface area contributed by atoms with Crippen LogP contribution in [-0.2, 0) is 28.3 Å². The molecule has 0 unspecified atom stereocenters. The maximum atomic E-state index is 13.8. The second-order valence-electron chi connectivity index (χ2n) is 7.53. The number of hydrogen-bond donors (Lipinski definition) is 2. The number of carbonyl (C=O) groups is 1. The number of nitrogens with zero attached hydrogens (tertiary/aromatic N) is 2. The van der Waals surface area contributed by atoms with E-state index in [0.717, 1.165) is 11.6 Å². The van der Waals surface area contributed by atoms with Crippen molar-refractivity contribution in [2.75, 3.05) is 0 Å². The minimum absolute atomic E-state index is 0.194. The lowest BCUT2D eigenvalue weighted by Crippen LogP contribution is -2.32. The number of carbonyl (C=O) groups excluding carboxylic acids is 1. The van der Waals surface area contributed by atoms with Gasteiger partial charge in [0.25, 0.3) is 5.56 Å². The molecule has 5 rings (SSSR count). The Morgan fingerprint density at radius 3 is 2.83 bits per heavy atom. The Balaban J connectivity index is 1.78. The van der Waals surface area contributed by atoms with Crippen molar-refractivity contribution in [3.63, 3.8) is 0 Å². The van der Waals surface area contributed by atoms with Gasteiger partial charge >= 0.3 is 5.97 Å². The first-order valence-electron chi connectivity index (χ1n) is 9.28. The minimum atomic E-state index is -1.50. The number of rotatable bonds is 1. The molecule has 3 aromatic rings. The molecular formula is C21H17FN2O5. The van der Waals surface area contributed by atoms with Gasteiger partial charge in [-0.1, -0.05) is 6.92 Å². The van der Waals surface area contributed by atoms with Crippen LogP contribution in [-0.4, -0.2) is 25.7 Å². The quantitative estimate of drug-likeness (QED) is 0.479. The Morgan fingerprint density at radius 1 is 1.28 bits per heavy atom. The molecule has 2 aliphatic heterocycles. The molecule has 2 N–H and O–H groups in total. The van der Waals surface area contributed by atoms with Gasteiger partial charge in [-0.15, -0.1) is 0 Å². The standard InChI is InChI=1S/C21H17FN2O5/c1-2-21(28)7-18(26)29-9-12-13(21)5-16-19-11(8-24(16)20(12)27)3-10-4-17(25)14(22)6-15(10)23-19/h3-6,25,28H,2,7-9H2,1H3/t21-/m1/s1. The number of aromatic hydroxyl groups is 1. The molecule has 1 aromatic carbocycles. The molecule has 0 fully saturated rings. The zero-order chi connectivity index (χ0) is 20.5. The van der Waals surface area contributed by atoms with Crippen LogP contribution >= 0.6 is 0 Å². The van der Waals surface area contributed by atoms with Crippen molar-refractivity contribution in [2.24, 2.45) is 0 Å². The van der Waals surface area contributed by atoms with Crippen LogP contribution in [0.5, 0.6) is 5.75 Å². The highest BCUT2D eigenvalue weighted by Gasteiger charge is 2.39. The molecule has 0 aliphatic carbocycles. The fraction of sp³-hybridized carbons (Fsp3) is 0.286. The van der Waals surface area contributed by atoms with E-state index in [-0.39, 0.29) is 37.1 Å². The van der Waals surface area contributed by atoms with Gasteiger partial charge < -0.3 is 19.5 Å². The minimum Gasteiger partial charge on any atom is -0.505 e. The van der Waals surface area contributed by atoms with Gasteiger partial charge in [-0.25, -0.2) is 9.37 Å². The van der Waals surface area contributed by atoms with E-state index in [2.05, 4.69) is 4.98 Å². The molecule has 0 saturated carbocycles. The summed E-state index contributed by atoms with van der Waals surface area (Å²) < 4.78 is 20.4. The van der Waals surface area contributed by atoms with Gasteiger partial charge in [-0.05, 0) is 30.2 Å². The summed E-state index contributed by atoms with van der Waals surface area (Å²) >= 11 is 0. The summed E-state index contributed by atoms with van der Waals surface area (Å²) in [7, 11) is 0. The van der Waals surface area contributed by atoms with Crippen LogP contribution < -0.4 is 5.56 Å². The van der Waals surface area contributed by atoms with Crippen LogP contribution in [0.1, 0.15) is 36.5 Å². The molecule has 29 heavy (non-hydrogen) atoms. The average molecular weight is 396 g/mol. The molecule has 0 bridgehead atoms. The zero-order valence-electron chi connectivity index (χ0n) is 15.5. The van der Waals surface area contributed by atoms with Crippen molar-refractivity contribution in [2.45, 2.75) is 38.5 Å². The lowest BCUT2D eigenvalue weighted by Gasteiger charge is -2.26. The fourth-order valence-corrected chi connectivity index (χ4v) is 4.19. The summed E-state index contributed by atoms with van der Waals surface area (Å²) in [4.78, 5) is 29.6. The molecule has 0 radical (unpaired) electrons. The van der Waals surface area contributed by atoms with Crippen molar-refractivity contribution >= 4 is 16.9 Å². The first kappa shape index (κ1) is 17.8. The molecule has 8 heteroatoms. The van der Waals surface area contributed by atoms with Crippen molar-refractivity contribution < 1.29 is 24.1 Å². The normalized spacial score (nSPS) is 20.0. The van der Waals surface area contributed by atoms with Gasteiger partial charge in [0, 0.05) is 17.0 Å². The van der Waals surface area contributed by atoms with Crippen molar-refractivity contribution in [1.29, 1.82) is 0 Å². The van der Waals surface area contributed by atoms with Crippen LogP contribution in [0.25, 0.3) is 22.3 Å². The van der Waals surface area contributed by atoms with Crippen LogP contribution in [0.4, 0.5) is 4.39 Å². The largest absolute Gasteiger partial charge is 0.505 e. The SMILES string of the molecule is CC[C@@]1(O)CC(=O)OCc2c1cc1n(c2=O)Cc2cc3cc(O)c(F)cc3nc2-1. The maximum Gasteiger partial charge on any atom is 0.309 e. The zero-order valence-corrected chi connectivity index (χ0v) is 15.5. The lowest BCUT2D eigenvalue weighted by molar-refractivity contribution is -0.149. The van der Waals surface area contributed by atoms with E-state index in [1.165, 1.54) is 10.6 Å². The number of halogens is 1. The second-order valence-corrected chi connectivity index (χ2v) is 7.53. The predicted octanol–water partition coefficient (Wildman–Crippen LogP) is 2.31. The van der Waals surface area contributed by atoms with Crippen LogP contribution in [0.3, 0.4) is 0 Å². The summed E-state index contributed by atoms with van der Waals surface area (Å²) in [6.45, 7) is 1.79. The third-order valence-electron chi connectivity index (χ3n) is 5.83. The molecule has 0 spiro atoms. The molecule has 4 heterocycles. The number of fused-ring (bicyclic) bond motifs is 5. The predicted molar refractivity (Wildman–Crippen MR) is 101 cm³/mol. The molecule has 148 valence electrons.